The zero-order valence-electron chi connectivity index (χ0n) is 15.6. The zero-order valence-corrected chi connectivity index (χ0v) is 15.6. The maximum atomic E-state index is 12.2. The molecule has 2 atom stereocenters. The molecule has 9 heteroatoms. The molecular formula is C19H27N5O4. The highest BCUT2D eigenvalue weighted by Crippen LogP contribution is 2.18. The van der Waals surface area contributed by atoms with Crippen LogP contribution in [0.3, 0.4) is 0 Å². The molecule has 0 aliphatic carbocycles. The van der Waals surface area contributed by atoms with Crippen molar-refractivity contribution in [3.8, 4) is 0 Å². The number of H-pyrrole nitrogens is 1. The minimum atomic E-state index is -1.12. The third-order valence-corrected chi connectivity index (χ3v) is 4.45. The van der Waals surface area contributed by atoms with Crippen LogP contribution < -0.4 is 22.1 Å². The fourth-order valence-electron chi connectivity index (χ4n) is 2.92. The second kappa shape index (κ2) is 10.4. The maximum absolute atomic E-state index is 12.2. The van der Waals surface area contributed by atoms with Crippen molar-refractivity contribution in [2.24, 2.45) is 11.5 Å². The van der Waals surface area contributed by atoms with E-state index in [0.29, 0.717) is 25.8 Å². The summed E-state index contributed by atoms with van der Waals surface area (Å²) in [6, 6.07) is 5.86. The van der Waals surface area contributed by atoms with Crippen molar-refractivity contribution in [1.29, 1.82) is 0 Å². The van der Waals surface area contributed by atoms with Crippen LogP contribution in [-0.4, -0.2) is 53.0 Å². The number of hydrogen-bond donors (Lipinski definition) is 6. The summed E-state index contributed by atoms with van der Waals surface area (Å²) < 4.78 is 0. The van der Waals surface area contributed by atoms with Crippen molar-refractivity contribution in [2.75, 3.05) is 13.1 Å². The molecule has 0 spiro atoms. The molecule has 0 aliphatic rings. The number of para-hydroxylation sites is 1. The van der Waals surface area contributed by atoms with Crippen LogP contribution in [0.25, 0.3) is 10.9 Å². The van der Waals surface area contributed by atoms with E-state index in [1.807, 2.05) is 30.5 Å². The number of aliphatic carboxylic acids is 1. The number of carboxylic acids is 1. The first-order valence-electron chi connectivity index (χ1n) is 9.23. The number of aromatic nitrogens is 1. The number of unbranched alkanes of at least 4 members (excludes halogenated alkanes) is 1. The molecular weight excluding hydrogens is 362 g/mol. The molecule has 2 rings (SSSR count). The van der Waals surface area contributed by atoms with E-state index in [4.69, 9.17) is 16.6 Å². The Morgan fingerprint density at radius 3 is 2.64 bits per heavy atom. The SMILES string of the molecule is NCCCC[C@H](NC(=O)CNC(=O)[C@@H](N)Cc1c[nH]c2ccccc12)C(=O)O. The van der Waals surface area contributed by atoms with Crippen LogP contribution in [0.15, 0.2) is 30.5 Å². The van der Waals surface area contributed by atoms with Crippen molar-refractivity contribution in [3.63, 3.8) is 0 Å². The number of nitrogens with two attached hydrogens (primary N) is 2. The number of hydrogen-bond acceptors (Lipinski definition) is 5. The van der Waals surface area contributed by atoms with Gasteiger partial charge in [0, 0.05) is 17.1 Å². The van der Waals surface area contributed by atoms with Crippen LogP contribution in [0, 0.1) is 0 Å². The number of rotatable bonds is 11. The Bertz CT molecular complexity index is 820. The Kier molecular flexibility index (Phi) is 7.97. The van der Waals surface area contributed by atoms with E-state index in [2.05, 4.69) is 15.6 Å². The van der Waals surface area contributed by atoms with Gasteiger partial charge in [-0.05, 0) is 43.9 Å². The lowest BCUT2D eigenvalue weighted by molar-refractivity contribution is -0.142. The van der Waals surface area contributed by atoms with Gasteiger partial charge in [0.25, 0.3) is 0 Å². The van der Waals surface area contributed by atoms with E-state index in [9.17, 15) is 14.4 Å². The minimum Gasteiger partial charge on any atom is -0.480 e. The van der Waals surface area contributed by atoms with E-state index < -0.39 is 29.9 Å². The lowest BCUT2D eigenvalue weighted by Gasteiger charge is -2.16. The number of benzene rings is 1. The van der Waals surface area contributed by atoms with Crippen LogP contribution in [-0.2, 0) is 20.8 Å². The smallest absolute Gasteiger partial charge is 0.326 e. The topological polar surface area (TPSA) is 163 Å². The molecule has 0 radical (unpaired) electrons. The quantitative estimate of drug-likeness (QED) is 0.293. The average Bonchev–Trinajstić information content (AvgIpc) is 3.08. The van der Waals surface area contributed by atoms with Gasteiger partial charge < -0.3 is 32.2 Å². The Balaban J connectivity index is 1.81. The van der Waals surface area contributed by atoms with E-state index in [0.717, 1.165) is 16.5 Å². The molecule has 2 amide bonds. The van der Waals surface area contributed by atoms with E-state index in [1.165, 1.54) is 0 Å². The third kappa shape index (κ3) is 6.07. The van der Waals surface area contributed by atoms with Gasteiger partial charge in [-0.3, -0.25) is 9.59 Å². The van der Waals surface area contributed by atoms with E-state index >= 15 is 0 Å². The van der Waals surface area contributed by atoms with Crippen LogP contribution in [0.1, 0.15) is 24.8 Å². The van der Waals surface area contributed by atoms with Crippen LogP contribution in [0.5, 0.6) is 0 Å². The molecule has 1 aromatic heterocycles. The summed E-state index contributed by atoms with van der Waals surface area (Å²) in [7, 11) is 0. The Labute approximate surface area is 162 Å². The average molecular weight is 389 g/mol. The summed E-state index contributed by atoms with van der Waals surface area (Å²) in [6.07, 6.45) is 3.68. The monoisotopic (exact) mass is 389 g/mol. The lowest BCUT2D eigenvalue weighted by Crippen LogP contribution is -2.49. The van der Waals surface area contributed by atoms with Gasteiger partial charge in [0.1, 0.15) is 6.04 Å². The molecule has 0 saturated carbocycles. The summed E-state index contributed by atoms with van der Waals surface area (Å²) in [4.78, 5) is 38.5. The first-order chi connectivity index (χ1) is 13.4. The molecule has 0 bridgehead atoms. The summed E-state index contributed by atoms with van der Waals surface area (Å²) in [5.74, 6) is -2.17. The molecule has 28 heavy (non-hydrogen) atoms. The maximum Gasteiger partial charge on any atom is 0.326 e. The summed E-state index contributed by atoms with van der Waals surface area (Å²) in [6.45, 7) is 0.131. The Morgan fingerprint density at radius 1 is 1.18 bits per heavy atom. The molecule has 152 valence electrons. The molecule has 0 unspecified atom stereocenters. The molecule has 2 aromatic rings. The second-order valence-electron chi connectivity index (χ2n) is 6.63. The number of amides is 2. The third-order valence-electron chi connectivity index (χ3n) is 4.45. The number of aromatic amines is 1. The number of carbonyl (C=O) groups excluding carboxylic acids is 2. The van der Waals surface area contributed by atoms with Crippen molar-refractivity contribution in [3.05, 3.63) is 36.0 Å². The molecule has 9 nitrogen and oxygen atoms in total. The van der Waals surface area contributed by atoms with Gasteiger partial charge in [-0.1, -0.05) is 18.2 Å². The highest BCUT2D eigenvalue weighted by molar-refractivity contribution is 5.90. The molecule has 0 fully saturated rings. The Morgan fingerprint density at radius 2 is 1.93 bits per heavy atom. The summed E-state index contributed by atoms with van der Waals surface area (Å²) in [5, 5.41) is 15.0. The van der Waals surface area contributed by atoms with E-state index in [-0.39, 0.29) is 13.0 Å². The van der Waals surface area contributed by atoms with Crippen molar-refractivity contribution < 1.29 is 19.5 Å². The van der Waals surface area contributed by atoms with Gasteiger partial charge >= 0.3 is 5.97 Å². The molecule has 1 heterocycles. The van der Waals surface area contributed by atoms with Crippen molar-refractivity contribution in [1.82, 2.24) is 15.6 Å². The minimum absolute atomic E-state index is 0.284. The normalized spacial score (nSPS) is 13.1. The van der Waals surface area contributed by atoms with Gasteiger partial charge in [-0.25, -0.2) is 4.79 Å². The van der Waals surface area contributed by atoms with E-state index in [1.54, 1.807) is 0 Å². The molecule has 8 N–H and O–H groups in total. The van der Waals surface area contributed by atoms with Crippen molar-refractivity contribution >= 4 is 28.7 Å². The number of fused-ring (bicyclic) bond motifs is 1. The van der Waals surface area contributed by atoms with Crippen LogP contribution in [0.4, 0.5) is 0 Å². The molecule has 0 aliphatic heterocycles. The summed E-state index contributed by atoms with van der Waals surface area (Å²) >= 11 is 0. The zero-order chi connectivity index (χ0) is 20.5. The van der Waals surface area contributed by atoms with Gasteiger partial charge in [0.05, 0.1) is 12.6 Å². The van der Waals surface area contributed by atoms with Crippen molar-refractivity contribution in [2.45, 2.75) is 37.8 Å². The lowest BCUT2D eigenvalue weighted by atomic mass is 10.1. The van der Waals surface area contributed by atoms with Crippen LogP contribution in [0.2, 0.25) is 0 Å². The van der Waals surface area contributed by atoms with Gasteiger partial charge in [0.15, 0.2) is 0 Å². The van der Waals surface area contributed by atoms with Gasteiger partial charge in [-0.2, -0.15) is 0 Å². The fraction of sp³-hybridized carbons (Fsp3) is 0.421. The summed E-state index contributed by atoms with van der Waals surface area (Å²) in [5.41, 5.74) is 13.2. The first-order valence-corrected chi connectivity index (χ1v) is 9.23. The predicted octanol–water partition coefficient (Wildman–Crippen LogP) is -0.148. The van der Waals surface area contributed by atoms with Crippen LogP contribution >= 0.6 is 0 Å². The highest BCUT2D eigenvalue weighted by atomic mass is 16.4. The number of nitrogens with one attached hydrogen (secondary N) is 3. The number of carboxylic acid groups (broad SMARTS) is 1. The molecule has 1 aromatic carbocycles. The van der Waals surface area contributed by atoms with Gasteiger partial charge in [-0.15, -0.1) is 0 Å². The molecule has 0 saturated heterocycles. The highest BCUT2D eigenvalue weighted by Gasteiger charge is 2.21. The Hall–Kier alpha value is -2.91. The standard InChI is InChI=1S/C19H27N5O4/c20-8-4-3-7-16(19(27)28)24-17(25)11-23-18(26)14(21)9-12-10-22-15-6-2-1-5-13(12)15/h1-2,5-6,10,14,16,22H,3-4,7-9,11,20-21H2,(H,23,26)(H,24,25)(H,27,28)/t14-,16-/m0/s1. The van der Waals surface area contributed by atoms with Gasteiger partial charge in [0.2, 0.25) is 11.8 Å². The first kappa shape index (κ1) is 21.4. The largest absolute Gasteiger partial charge is 0.480 e. The predicted molar refractivity (Wildman–Crippen MR) is 105 cm³/mol. The second-order valence-corrected chi connectivity index (χ2v) is 6.63. The number of carbonyl (C=O) groups is 3. The fourth-order valence-corrected chi connectivity index (χ4v) is 2.92.